The van der Waals surface area contributed by atoms with Crippen LogP contribution in [-0.4, -0.2) is 22.1 Å². The molecule has 1 saturated carbocycles. The zero-order valence-electron chi connectivity index (χ0n) is 9.75. The second-order valence-electron chi connectivity index (χ2n) is 4.24. The summed E-state index contributed by atoms with van der Waals surface area (Å²) in [5.74, 6) is 0.145. The quantitative estimate of drug-likeness (QED) is 0.880. The number of halogens is 5. The van der Waals surface area contributed by atoms with Crippen molar-refractivity contribution in [3.63, 3.8) is 0 Å². The molecular formula is C10H13Cl2F3N4. The van der Waals surface area contributed by atoms with Crippen molar-refractivity contribution >= 4 is 29.8 Å². The van der Waals surface area contributed by atoms with Gasteiger partial charge < -0.3 is 11.1 Å². The Hall–Kier alpha value is -0.790. The molecule has 0 amide bonds. The van der Waals surface area contributed by atoms with Crippen LogP contribution in [0.2, 0.25) is 5.15 Å². The van der Waals surface area contributed by atoms with E-state index in [1.54, 1.807) is 0 Å². The van der Waals surface area contributed by atoms with Crippen molar-refractivity contribution in [1.82, 2.24) is 9.97 Å². The summed E-state index contributed by atoms with van der Waals surface area (Å²) in [4.78, 5) is 6.95. The zero-order chi connectivity index (χ0) is 13.3. The van der Waals surface area contributed by atoms with Crippen LogP contribution in [0.3, 0.4) is 0 Å². The van der Waals surface area contributed by atoms with E-state index < -0.39 is 11.9 Å². The molecular weight excluding hydrogens is 304 g/mol. The summed E-state index contributed by atoms with van der Waals surface area (Å²) in [5, 5.41) is 2.65. The first-order valence-corrected chi connectivity index (χ1v) is 5.87. The lowest BCUT2D eigenvalue weighted by Gasteiger charge is -2.18. The van der Waals surface area contributed by atoms with Gasteiger partial charge in [-0.2, -0.15) is 13.2 Å². The monoisotopic (exact) mass is 316 g/mol. The van der Waals surface area contributed by atoms with E-state index in [1.807, 2.05) is 0 Å². The minimum absolute atomic E-state index is 0. The summed E-state index contributed by atoms with van der Waals surface area (Å²) in [7, 11) is 0. The molecule has 108 valence electrons. The SMILES string of the molecule is Cl.NC1CCCC1Nc1ncc(C(F)(F)F)nc1Cl. The Morgan fingerprint density at radius 3 is 2.53 bits per heavy atom. The summed E-state index contributed by atoms with van der Waals surface area (Å²) < 4.78 is 37.1. The van der Waals surface area contributed by atoms with Crippen molar-refractivity contribution in [2.75, 3.05) is 5.32 Å². The molecule has 0 aliphatic heterocycles. The molecule has 0 aromatic carbocycles. The smallest absolute Gasteiger partial charge is 0.363 e. The van der Waals surface area contributed by atoms with Crippen LogP contribution in [-0.2, 0) is 6.18 Å². The van der Waals surface area contributed by atoms with Gasteiger partial charge in [0.15, 0.2) is 16.7 Å². The highest BCUT2D eigenvalue weighted by molar-refractivity contribution is 6.31. The number of nitrogens with zero attached hydrogens (tertiary/aromatic N) is 2. The van der Waals surface area contributed by atoms with Gasteiger partial charge in [0.25, 0.3) is 0 Å². The van der Waals surface area contributed by atoms with Gasteiger partial charge >= 0.3 is 6.18 Å². The molecule has 0 spiro atoms. The van der Waals surface area contributed by atoms with E-state index in [4.69, 9.17) is 17.3 Å². The van der Waals surface area contributed by atoms with Crippen LogP contribution >= 0.6 is 24.0 Å². The number of alkyl halides is 3. The molecule has 2 rings (SSSR count). The summed E-state index contributed by atoms with van der Waals surface area (Å²) >= 11 is 5.68. The molecule has 0 radical (unpaired) electrons. The third kappa shape index (κ3) is 3.84. The van der Waals surface area contributed by atoms with Crippen LogP contribution in [0.25, 0.3) is 0 Å². The number of hydrogen-bond donors (Lipinski definition) is 2. The predicted octanol–water partition coefficient (Wildman–Crippen LogP) is 2.86. The number of hydrogen-bond acceptors (Lipinski definition) is 4. The maximum Gasteiger partial charge on any atom is 0.434 e. The van der Waals surface area contributed by atoms with Crippen molar-refractivity contribution in [2.24, 2.45) is 5.73 Å². The van der Waals surface area contributed by atoms with Crippen molar-refractivity contribution in [2.45, 2.75) is 37.5 Å². The van der Waals surface area contributed by atoms with Gasteiger partial charge in [-0.05, 0) is 19.3 Å². The highest BCUT2D eigenvalue weighted by Gasteiger charge is 2.34. The molecule has 0 bridgehead atoms. The molecule has 0 saturated heterocycles. The Kier molecular flexibility index (Phi) is 5.23. The number of nitrogens with one attached hydrogen (secondary N) is 1. The second kappa shape index (κ2) is 6.11. The number of anilines is 1. The van der Waals surface area contributed by atoms with E-state index in [2.05, 4.69) is 15.3 Å². The maximum absolute atomic E-state index is 12.4. The molecule has 1 fully saturated rings. The van der Waals surface area contributed by atoms with E-state index >= 15 is 0 Å². The standard InChI is InChI=1S/C10H12ClF3N4.ClH/c11-8-9(17-6-3-1-2-5(6)15)16-4-7(18-8)10(12,13)14;/h4-6H,1-3,15H2,(H,16,17);1H. The van der Waals surface area contributed by atoms with Crippen LogP contribution in [0.5, 0.6) is 0 Å². The molecule has 2 atom stereocenters. The lowest BCUT2D eigenvalue weighted by Crippen LogP contribution is -2.35. The van der Waals surface area contributed by atoms with Crippen LogP contribution in [0.15, 0.2) is 6.20 Å². The minimum Gasteiger partial charge on any atom is -0.363 e. The Bertz CT molecular complexity index is 441. The van der Waals surface area contributed by atoms with Crippen LogP contribution in [0.1, 0.15) is 25.0 Å². The predicted molar refractivity (Wildman–Crippen MR) is 68.5 cm³/mol. The molecule has 1 aliphatic carbocycles. The largest absolute Gasteiger partial charge is 0.434 e. The van der Waals surface area contributed by atoms with Gasteiger partial charge in [0, 0.05) is 12.1 Å². The molecule has 2 unspecified atom stereocenters. The van der Waals surface area contributed by atoms with Gasteiger partial charge in [-0.25, -0.2) is 9.97 Å². The van der Waals surface area contributed by atoms with Gasteiger partial charge in [-0.3, -0.25) is 0 Å². The van der Waals surface area contributed by atoms with Gasteiger partial charge in [0.2, 0.25) is 0 Å². The van der Waals surface area contributed by atoms with Crippen LogP contribution in [0, 0.1) is 0 Å². The summed E-state index contributed by atoms with van der Waals surface area (Å²) in [6.45, 7) is 0. The molecule has 1 heterocycles. The van der Waals surface area contributed by atoms with Crippen LogP contribution in [0.4, 0.5) is 19.0 Å². The Balaban J connectivity index is 0.00000180. The fourth-order valence-electron chi connectivity index (χ4n) is 1.94. The van der Waals surface area contributed by atoms with Crippen molar-refractivity contribution in [3.05, 3.63) is 17.0 Å². The molecule has 19 heavy (non-hydrogen) atoms. The lowest BCUT2D eigenvalue weighted by molar-refractivity contribution is -0.141. The van der Waals surface area contributed by atoms with Gasteiger partial charge in [0.05, 0.1) is 6.20 Å². The van der Waals surface area contributed by atoms with E-state index in [9.17, 15) is 13.2 Å². The van der Waals surface area contributed by atoms with E-state index in [1.165, 1.54) is 0 Å². The molecule has 3 N–H and O–H groups in total. The highest BCUT2D eigenvalue weighted by atomic mass is 35.5. The first kappa shape index (κ1) is 16.3. The third-order valence-corrected chi connectivity index (χ3v) is 3.18. The summed E-state index contributed by atoms with van der Waals surface area (Å²) in [6.07, 6.45) is -1.18. The van der Waals surface area contributed by atoms with Crippen LogP contribution < -0.4 is 11.1 Å². The molecule has 4 nitrogen and oxygen atoms in total. The van der Waals surface area contributed by atoms with Crippen molar-refractivity contribution < 1.29 is 13.2 Å². The average Bonchev–Trinajstić information content (AvgIpc) is 2.66. The molecule has 9 heteroatoms. The van der Waals surface area contributed by atoms with E-state index in [0.29, 0.717) is 6.20 Å². The van der Waals surface area contributed by atoms with Gasteiger partial charge in [-0.15, -0.1) is 12.4 Å². The lowest BCUT2D eigenvalue weighted by atomic mass is 10.2. The minimum atomic E-state index is -4.54. The summed E-state index contributed by atoms with van der Waals surface area (Å²) in [5.41, 5.74) is 4.74. The fourth-order valence-corrected chi connectivity index (χ4v) is 2.14. The Morgan fingerprint density at radius 2 is 2.05 bits per heavy atom. The van der Waals surface area contributed by atoms with Gasteiger partial charge in [0.1, 0.15) is 0 Å². The normalized spacial score (nSPS) is 23.0. The first-order chi connectivity index (χ1) is 8.38. The maximum atomic E-state index is 12.4. The Morgan fingerprint density at radius 1 is 1.37 bits per heavy atom. The number of nitrogens with two attached hydrogens (primary N) is 1. The molecule has 1 aliphatic rings. The highest BCUT2D eigenvalue weighted by Crippen LogP contribution is 2.30. The second-order valence-corrected chi connectivity index (χ2v) is 4.60. The zero-order valence-corrected chi connectivity index (χ0v) is 11.3. The summed E-state index contributed by atoms with van der Waals surface area (Å²) in [6, 6.07) is -0.0568. The molecule has 1 aromatic rings. The van der Waals surface area contributed by atoms with Crippen molar-refractivity contribution in [1.29, 1.82) is 0 Å². The third-order valence-electron chi connectivity index (χ3n) is 2.91. The number of rotatable bonds is 2. The Labute approximate surface area is 119 Å². The fraction of sp³-hybridized carbons (Fsp3) is 0.600. The average molecular weight is 317 g/mol. The first-order valence-electron chi connectivity index (χ1n) is 5.50. The topological polar surface area (TPSA) is 63.8 Å². The van der Waals surface area contributed by atoms with Crippen molar-refractivity contribution in [3.8, 4) is 0 Å². The molecule has 1 aromatic heterocycles. The number of aromatic nitrogens is 2. The van der Waals surface area contributed by atoms with E-state index in [0.717, 1.165) is 19.3 Å². The van der Waals surface area contributed by atoms with Gasteiger partial charge in [-0.1, -0.05) is 11.6 Å². The van der Waals surface area contributed by atoms with E-state index in [-0.39, 0.29) is 35.5 Å².